The average Bonchev–Trinajstić information content (AvgIpc) is 2.59. The first kappa shape index (κ1) is 10.2. The van der Waals surface area contributed by atoms with E-state index in [2.05, 4.69) is 34.7 Å². The monoisotopic (exact) mass is 333 g/mol. The number of hydrogen-bond acceptors (Lipinski definition) is 2. The molecular weight excluding hydrogens is 329 g/mol. The van der Waals surface area contributed by atoms with Crippen molar-refractivity contribution in [2.24, 2.45) is 0 Å². The lowest BCUT2D eigenvalue weighted by Gasteiger charge is -1.93. The van der Waals surface area contributed by atoms with E-state index < -0.39 is 0 Å². The van der Waals surface area contributed by atoms with Crippen LogP contribution in [0.3, 0.4) is 0 Å². The second-order valence-corrected chi connectivity index (χ2v) is 5.50. The number of nitriles is 1. The van der Waals surface area contributed by atoms with Crippen LogP contribution in [0.4, 0.5) is 0 Å². The number of benzene rings is 1. The molecule has 2 aromatic rings. The van der Waals surface area contributed by atoms with E-state index in [1.165, 1.54) is 0 Å². The highest BCUT2D eigenvalue weighted by Gasteiger charge is 2.06. The summed E-state index contributed by atoms with van der Waals surface area (Å²) in [4.78, 5) is 1.11. The molecule has 1 aromatic heterocycles. The summed E-state index contributed by atoms with van der Waals surface area (Å²) in [5.41, 5.74) is 0.736. The molecule has 1 nitrogen and oxygen atoms in total. The topological polar surface area (TPSA) is 23.8 Å². The van der Waals surface area contributed by atoms with Gasteiger partial charge in [-0.2, -0.15) is 5.26 Å². The van der Waals surface area contributed by atoms with Crippen LogP contribution in [-0.2, 0) is 5.88 Å². The molecule has 1 aromatic carbocycles. The lowest BCUT2D eigenvalue weighted by molar-refractivity contribution is 1.50. The summed E-state index contributed by atoms with van der Waals surface area (Å²) in [6.45, 7) is 0. The minimum Gasteiger partial charge on any atom is -0.192 e. The standard InChI is InChI=1S/C10H5ClINS/c11-4-8-3-9-6(5-13)1-7(12)2-10(9)14-8/h1-3H,4H2. The number of fused-ring (bicyclic) bond motifs is 1. The zero-order valence-electron chi connectivity index (χ0n) is 7.05. The SMILES string of the molecule is N#Cc1cc(I)cc2sc(CCl)cc12. The lowest BCUT2D eigenvalue weighted by Crippen LogP contribution is -1.77. The largest absolute Gasteiger partial charge is 0.192 e. The van der Waals surface area contributed by atoms with E-state index in [4.69, 9.17) is 16.9 Å². The molecule has 0 fully saturated rings. The fourth-order valence-corrected chi connectivity index (χ4v) is 3.37. The Bertz CT molecular complexity index is 527. The Hall–Kier alpha value is -0.310. The van der Waals surface area contributed by atoms with E-state index in [0.717, 1.165) is 24.1 Å². The minimum absolute atomic E-state index is 0.515. The molecular formula is C10H5ClINS. The van der Waals surface area contributed by atoms with Gasteiger partial charge in [-0.15, -0.1) is 22.9 Å². The Morgan fingerprint density at radius 1 is 1.43 bits per heavy atom. The quantitative estimate of drug-likeness (QED) is 0.569. The van der Waals surface area contributed by atoms with Crippen LogP contribution in [-0.4, -0.2) is 0 Å². The van der Waals surface area contributed by atoms with Crippen molar-refractivity contribution >= 4 is 55.6 Å². The Morgan fingerprint density at radius 2 is 2.21 bits per heavy atom. The number of rotatable bonds is 1. The number of thiophene rings is 1. The van der Waals surface area contributed by atoms with E-state index in [1.807, 2.05) is 12.1 Å². The first-order valence-corrected chi connectivity index (χ1v) is 6.35. The first-order chi connectivity index (χ1) is 6.74. The van der Waals surface area contributed by atoms with Crippen molar-refractivity contribution in [2.75, 3.05) is 0 Å². The van der Waals surface area contributed by atoms with E-state index in [9.17, 15) is 0 Å². The number of alkyl halides is 1. The van der Waals surface area contributed by atoms with Crippen LogP contribution in [0.25, 0.3) is 10.1 Å². The molecule has 0 N–H and O–H groups in total. The van der Waals surface area contributed by atoms with Gasteiger partial charge in [-0.25, -0.2) is 0 Å². The highest BCUT2D eigenvalue weighted by Crippen LogP contribution is 2.30. The summed E-state index contributed by atoms with van der Waals surface area (Å²) in [6, 6.07) is 8.19. The average molecular weight is 334 g/mol. The van der Waals surface area contributed by atoms with Gasteiger partial charge >= 0.3 is 0 Å². The number of nitrogens with zero attached hydrogens (tertiary/aromatic N) is 1. The third kappa shape index (κ3) is 1.74. The molecule has 0 aliphatic carbocycles. The van der Waals surface area contributed by atoms with Crippen molar-refractivity contribution in [3.63, 3.8) is 0 Å². The maximum atomic E-state index is 8.96. The highest BCUT2D eigenvalue weighted by molar-refractivity contribution is 14.1. The summed E-state index contributed by atoms with van der Waals surface area (Å²) in [5.74, 6) is 0.515. The van der Waals surface area contributed by atoms with Crippen molar-refractivity contribution in [3.8, 4) is 6.07 Å². The molecule has 0 saturated heterocycles. The van der Waals surface area contributed by atoms with Crippen molar-refractivity contribution in [1.82, 2.24) is 0 Å². The van der Waals surface area contributed by atoms with Crippen LogP contribution < -0.4 is 0 Å². The molecule has 0 radical (unpaired) electrons. The van der Waals surface area contributed by atoms with Gasteiger partial charge in [0.1, 0.15) is 0 Å². The van der Waals surface area contributed by atoms with Gasteiger partial charge in [-0.1, -0.05) is 0 Å². The molecule has 0 aliphatic rings. The molecule has 4 heteroatoms. The van der Waals surface area contributed by atoms with Crippen LogP contribution in [0, 0.1) is 14.9 Å². The fraction of sp³-hybridized carbons (Fsp3) is 0.100. The molecule has 0 unspecified atom stereocenters. The molecule has 0 bridgehead atoms. The molecule has 70 valence electrons. The molecule has 0 atom stereocenters. The van der Waals surface area contributed by atoms with Gasteiger partial charge in [0.05, 0.1) is 17.5 Å². The van der Waals surface area contributed by atoms with Gasteiger partial charge in [0.2, 0.25) is 0 Å². The second kappa shape index (κ2) is 4.05. The van der Waals surface area contributed by atoms with Crippen LogP contribution in [0.15, 0.2) is 18.2 Å². The van der Waals surface area contributed by atoms with Gasteiger partial charge in [-0.3, -0.25) is 0 Å². The molecule has 0 spiro atoms. The molecule has 0 saturated carbocycles. The summed E-state index contributed by atoms with van der Waals surface area (Å²) >= 11 is 9.63. The maximum Gasteiger partial charge on any atom is 0.0998 e. The third-order valence-electron chi connectivity index (χ3n) is 1.91. The molecule has 0 aliphatic heterocycles. The highest BCUT2D eigenvalue weighted by atomic mass is 127. The fourth-order valence-electron chi connectivity index (χ4n) is 1.32. The number of hydrogen-bond donors (Lipinski definition) is 0. The van der Waals surface area contributed by atoms with Crippen LogP contribution >= 0.6 is 45.5 Å². The van der Waals surface area contributed by atoms with E-state index in [-0.39, 0.29) is 0 Å². The maximum absolute atomic E-state index is 8.96. The van der Waals surface area contributed by atoms with Crippen LogP contribution in [0.2, 0.25) is 0 Å². The van der Waals surface area contributed by atoms with E-state index >= 15 is 0 Å². The third-order valence-corrected chi connectivity index (χ3v) is 4.06. The summed E-state index contributed by atoms with van der Waals surface area (Å²) in [7, 11) is 0. The molecule has 0 amide bonds. The first-order valence-electron chi connectivity index (χ1n) is 3.92. The van der Waals surface area contributed by atoms with Gasteiger partial charge in [-0.05, 0) is 40.8 Å². The predicted octanol–water partition coefficient (Wildman–Crippen LogP) is 4.12. The van der Waals surface area contributed by atoms with Gasteiger partial charge in [0, 0.05) is 18.5 Å². The van der Waals surface area contributed by atoms with E-state index in [0.29, 0.717) is 5.88 Å². The van der Waals surface area contributed by atoms with Gasteiger partial charge in [0.25, 0.3) is 0 Å². The zero-order valence-corrected chi connectivity index (χ0v) is 10.8. The second-order valence-electron chi connectivity index (χ2n) is 2.82. The van der Waals surface area contributed by atoms with Crippen LogP contribution in [0.1, 0.15) is 10.4 Å². The van der Waals surface area contributed by atoms with Gasteiger partial charge < -0.3 is 0 Å². The van der Waals surface area contributed by atoms with Crippen molar-refractivity contribution in [2.45, 2.75) is 5.88 Å². The smallest absolute Gasteiger partial charge is 0.0998 e. The van der Waals surface area contributed by atoms with Crippen molar-refractivity contribution in [1.29, 1.82) is 5.26 Å². The molecule has 1 heterocycles. The lowest BCUT2D eigenvalue weighted by atomic mass is 10.1. The molecule has 2 rings (SSSR count). The molecule has 14 heavy (non-hydrogen) atoms. The van der Waals surface area contributed by atoms with Crippen molar-refractivity contribution < 1.29 is 0 Å². The van der Waals surface area contributed by atoms with Gasteiger partial charge in [0.15, 0.2) is 0 Å². The summed E-state index contributed by atoms with van der Waals surface area (Å²) in [6.07, 6.45) is 0. The van der Waals surface area contributed by atoms with Crippen molar-refractivity contribution in [3.05, 3.63) is 32.2 Å². The Morgan fingerprint density at radius 3 is 2.86 bits per heavy atom. The predicted molar refractivity (Wildman–Crippen MR) is 68.8 cm³/mol. The summed E-state index contributed by atoms with van der Waals surface area (Å²) < 4.78 is 2.23. The Kier molecular flexibility index (Phi) is 2.96. The summed E-state index contributed by atoms with van der Waals surface area (Å²) in [5, 5.41) is 9.98. The Labute approximate surface area is 104 Å². The Balaban J connectivity index is 2.79. The van der Waals surface area contributed by atoms with Crippen LogP contribution in [0.5, 0.6) is 0 Å². The minimum atomic E-state index is 0.515. The number of halogens is 2. The zero-order chi connectivity index (χ0) is 10.1. The normalized spacial score (nSPS) is 10.4. The van der Waals surface area contributed by atoms with E-state index in [1.54, 1.807) is 11.3 Å².